The fraction of sp³-hybridized carbons (Fsp3) is 0.778. The summed E-state index contributed by atoms with van der Waals surface area (Å²) < 4.78 is 0. The van der Waals surface area contributed by atoms with Crippen molar-refractivity contribution in [2.24, 2.45) is 0 Å². The number of carbonyl (C=O) groups excluding carboxylic acids is 3. The third kappa shape index (κ3) is 4.74. The fourth-order valence-electron chi connectivity index (χ4n) is 3.99. The van der Waals surface area contributed by atoms with E-state index in [1.54, 1.807) is 9.80 Å². The summed E-state index contributed by atoms with van der Waals surface area (Å²) in [4.78, 5) is 52.7. The first-order valence-electron chi connectivity index (χ1n) is 9.42. The molecule has 0 radical (unpaired) electrons. The van der Waals surface area contributed by atoms with Crippen LogP contribution in [0.2, 0.25) is 0 Å². The van der Waals surface area contributed by atoms with Crippen molar-refractivity contribution in [3.05, 3.63) is 0 Å². The van der Waals surface area contributed by atoms with Gasteiger partial charge in [-0.2, -0.15) is 0 Å². The molecule has 8 nitrogen and oxygen atoms in total. The summed E-state index contributed by atoms with van der Waals surface area (Å²) in [5.41, 5.74) is 0. The van der Waals surface area contributed by atoms with Crippen molar-refractivity contribution in [2.45, 2.75) is 64.5 Å². The van der Waals surface area contributed by atoms with Crippen LogP contribution < -0.4 is 0 Å². The minimum Gasteiger partial charge on any atom is -0.480 e. The minimum absolute atomic E-state index is 0.0315. The maximum Gasteiger partial charge on any atom is 0.323 e. The van der Waals surface area contributed by atoms with Gasteiger partial charge in [0.25, 0.3) is 0 Å². The zero-order valence-electron chi connectivity index (χ0n) is 15.6. The van der Waals surface area contributed by atoms with E-state index in [4.69, 9.17) is 5.11 Å². The lowest BCUT2D eigenvalue weighted by Gasteiger charge is -2.32. The molecule has 8 heteroatoms. The first kappa shape index (κ1) is 20.2. The zero-order chi connectivity index (χ0) is 19.3. The van der Waals surface area contributed by atoms with Crippen molar-refractivity contribution in [3.8, 4) is 0 Å². The molecule has 146 valence electrons. The molecule has 0 aromatic carbocycles. The van der Waals surface area contributed by atoms with E-state index in [-0.39, 0.29) is 30.3 Å². The van der Waals surface area contributed by atoms with Crippen LogP contribution in [0.25, 0.3) is 0 Å². The number of rotatable bonds is 6. The standard InChI is InChI=1S/C18H29N3O5/c1-3-15(20-10-5-7-16(20)23)18(26)19-9-4-6-14(8-11-19)21(13(2)22)12-17(24)25/h14-15H,3-12H2,1-2H3,(H,24,25). The predicted octanol–water partition coefficient (Wildman–Crippen LogP) is 0.702. The summed E-state index contributed by atoms with van der Waals surface area (Å²) in [7, 11) is 0. The Morgan fingerprint density at radius 2 is 1.92 bits per heavy atom. The molecule has 1 N–H and O–H groups in total. The molecule has 0 aromatic rings. The monoisotopic (exact) mass is 367 g/mol. The molecule has 0 spiro atoms. The van der Waals surface area contributed by atoms with E-state index < -0.39 is 12.0 Å². The van der Waals surface area contributed by atoms with Gasteiger partial charge >= 0.3 is 5.97 Å². The molecule has 0 bridgehead atoms. The lowest BCUT2D eigenvalue weighted by molar-refractivity contribution is -0.145. The van der Waals surface area contributed by atoms with Crippen molar-refractivity contribution in [1.29, 1.82) is 0 Å². The van der Waals surface area contributed by atoms with Crippen LogP contribution in [0.1, 0.15) is 52.4 Å². The van der Waals surface area contributed by atoms with Gasteiger partial charge in [-0.25, -0.2) is 0 Å². The Morgan fingerprint density at radius 3 is 2.46 bits per heavy atom. The third-order valence-electron chi connectivity index (χ3n) is 5.32. The van der Waals surface area contributed by atoms with Crippen LogP contribution in [0.4, 0.5) is 0 Å². The quantitative estimate of drug-likeness (QED) is 0.745. The Hall–Kier alpha value is -2.12. The summed E-state index contributed by atoms with van der Waals surface area (Å²) in [6.07, 6.45) is 3.84. The number of carbonyl (C=O) groups is 4. The Balaban J connectivity index is 2.02. The van der Waals surface area contributed by atoms with Crippen LogP contribution >= 0.6 is 0 Å². The maximum atomic E-state index is 13.0. The number of nitrogens with zero attached hydrogens (tertiary/aromatic N) is 3. The summed E-state index contributed by atoms with van der Waals surface area (Å²) >= 11 is 0. The Morgan fingerprint density at radius 1 is 1.19 bits per heavy atom. The highest BCUT2D eigenvalue weighted by atomic mass is 16.4. The van der Waals surface area contributed by atoms with Gasteiger partial charge in [0.2, 0.25) is 17.7 Å². The highest BCUT2D eigenvalue weighted by molar-refractivity contribution is 5.88. The molecule has 2 unspecified atom stereocenters. The van der Waals surface area contributed by atoms with E-state index >= 15 is 0 Å². The minimum atomic E-state index is -1.03. The number of hydrogen-bond acceptors (Lipinski definition) is 4. The number of amides is 3. The van der Waals surface area contributed by atoms with Crippen LogP contribution in [0, 0.1) is 0 Å². The van der Waals surface area contributed by atoms with E-state index in [1.165, 1.54) is 11.8 Å². The number of hydrogen-bond donors (Lipinski definition) is 1. The number of carboxylic acids is 1. The summed E-state index contributed by atoms with van der Waals surface area (Å²) in [5.74, 6) is -1.28. The van der Waals surface area contributed by atoms with E-state index in [0.717, 1.165) is 6.42 Å². The SMILES string of the molecule is CCC(C(=O)N1CCCC(N(CC(=O)O)C(C)=O)CC1)N1CCCC1=O. The van der Waals surface area contributed by atoms with Gasteiger partial charge in [0.1, 0.15) is 12.6 Å². The predicted molar refractivity (Wildman–Crippen MR) is 94.3 cm³/mol. The van der Waals surface area contributed by atoms with Crippen molar-refractivity contribution < 1.29 is 24.3 Å². The van der Waals surface area contributed by atoms with Gasteiger partial charge in [-0.3, -0.25) is 19.2 Å². The van der Waals surface area contributed by atoms with Gasteiger partial charge in [-0.1, -0.05) is 6.92 Å². The second kappa shape index (κ2) is 9.00. The van der Waals surface area contributed by atoms with E-state index in [9.17, 15) is 19.2 Å². The van der Waals surface area contributed by atoms with Crippen molar-refractivity contribution >= 4 is 23.7 Å². The first-order valence-corrected chi connectivity index (χ1v) is 9.42. The molecule has 2 aliphatic heterocycles. The van der Waals surface area contributed by atoms with Crippen LogP contribution in [0.15, 0.2) is 0 Å². The van der Waals surface area contributed by atoms with Crippen LogP contribution in [0.3, 0.4) is 0 Å². The highest BCUT2D eigenvalue weighted by Gasteiger charge is 2.35. The molecule has 0 saturated carbocycles. The molecule has 0 aliphatic carbocycles. The Bertz CT molecular complexity index is 565. The van der Waals surface area contributed by atoms with Gasteiger partial charge in [0.15, 0.2) is 0 Å². The fourth-order valence-corrected chi connectivity index (χ4v) is 3.99. The number of carboxylic acid groups (broad SMARTS) is 1. The molecule has 26 heavy (non-hydrogen) atoms. The molecule has 2 heterocycles. The van der Waals surface area contributed by atoms with Crippen LogP contribution in [0.5, 0.6) is 0 Å². The van der Waals surface area contributed by atoms with Gasteiger partial charge in [-0.15, -0.1) is 0 Å². The lowest BCUT2D eigenvalue weighted by Crippen LogP contribution is -2.49. The molecule has 2 rings (SSSR count). The Labute approximate surface area is 154 Å². The van der Waals surface area contributed by atoms with E-state index in [1.807, 2.05) is 6.92 Å². The van der Waals surface area contributed by atoms with Gasteiger partial charge in [-0.05, 0) is 32.1 Å². The normalized spacial score (nSPS) is 22.1. The first-order chi connectivity index (χ1) is 12.3. The molecular weight excluding hydrogens is 338 g/mol. The number of likely N-dealkylation sites (tertiary alicyclic amines) is 2. The number of aliphatic carboxylic acids is 1. The second-order valence-electron chi connectivity index (χ2n) is 7.07. The van der Waals surface area contributed by atoms with Crippen molar-refractivity contribution in [2.75, 3.05) is 26.2 Å². The molecule has 2 atom stereocenters. The van der Waals surface area contributed by atoms with Crippen LogP contribution in [-0.2, 0) is 19.2 Å². The largest absolute Gasteiger partial charge is 0.480 e. The summed E-state index contributed by atoms with van der Waals surface area (Å²) in [6.45, 7) is 4.67. The Kier molecular flexibility index (Phi) is 6.99. The summed E-state index contributed by atoms with van der Waals surface area (Å²) in [6, 6.07) is -0.584. The third-order valence-corrected chi connectivity index (χ3v) is 5.32. The lowest BCUT2D eigenvalue weighted by atomic mass is 10.1. The molecule has 3 amide bonds. The molecule has 0 aromatic heterocycles. The average Bonchev–Trinajstić information content (AvgIpc) is 2.85. The highest BCUT2D eigenvalue weighted by Crippen LogP contribution is 2.21. The average molecular weight is 367 g/mol. The van der Waals surface area contributed by atoms with Gasteiger partial charge < -0.3 is 19.8 Å². The van der Waals surface area contributed by atoms with Crippen molar-refractivity contribution in [3.63, 3.8) is 0 Å². The van der Waals surface area contributed by atoms with Gasteiger partial charge in [0, 0.05) is 39.0 Å². The molecule has 2 fully saturated rings. The van der Waals surface area contributed by atoms with E-state index in [2.05, 4.69) is 0 Å². The molecular formula is C18H29N3O5. The van der Waals surface area contributed by atoms with Crippen molar-refractivity contribution in [1.82, 2.24) is 14.7 Å². The maximum absolute atomic E-state index is 13.0. The topological polar surface area (TPSA) is 98.2 Å². The zero-order valence-corrected chi connectivity index (χ0v) is 15.6. The second-order valence-corrected chi connectivity index (χ2v) is 7.07. The molecule has 2 saturated heterocycles. The van der Waals surface area contributed by atoms with E-state index in [0.29, 0.717) is 51.7 Å². The smallest absolute Gasteiger partial charge is 0.323 e. The van der Waals surface area contributed by atoms with Crippen LogP contribution in [-0.4, -0.2) is 81.8 Å². The van der Waals surface area contributed by atoms with Gasteiger partial charge in [0.05, 0.1) is 0 Å². The summed E-state index contributed by atoms with van der Waals surface area (Å²) in [5, 5.41) is 9.03. The molecule has 2 aliphatic rings.